The molecule has 0 aliphatic carbocycles. The average molecular weight is 267 g/mol. The summed E-state index contributed by atoms with van der Waals surface area (Å²) in [6.07, 6.45) is 0.466. The molecule has 4 nitrogen and oxygen atoms in total. The summed E-state index contributed by atoms with van der Waals surface area (Å²) in [7, 11) is 1.27. The number of methoxy groups -OCH3 is 1. The van der Waals surface area contributed by atoms with Crippen LogP contribution in [-0.2, 0) is 9.53 Å². The van der Waals surface area contributed by atoms with Gasteiger partial charge in [-0.1, -0.05) is 19.9 Å². The van der Waals surface area contributed by atoms with Crippen molar-refractivity contribution in [3.05, 3.63) is 35.6 Å². The van der Waals surface area contributed by atoms with E-state index < -0.39 is 23.7 Å². The van der Waals surface area contributed by atoms with Crippen LogP contribution in [0.1, 0.15) is 30.6 Å². The molecule has 1 aromatic carbocycles. The minimum Gasteiger partial charge on any atom is -0.467 e. The number of nitrogens with one attached hydrogen (secondary N) is 1. The standard InChI is InChI=1S/C14H18FNO3/c1-9(2)7-12(14(18)19-3)16-13(17)10-5-4-6-11(15)8-10/h4-6,8-9,12H,7H2,1-3H3,(H,16,17)/t12-/m1/s1. The van der Waals surface area contributed by atoms with Gasteiger partial charge in [-0.3, -0.25) is 4.79 Å². The Morgan fingerprint density at radius 1 is 1.37 bits per heavy atom. The highest BCUT2D eigenvalue weighted by atomic mass is 19.1. The quantitative estimate of drug-likeness (QED) is 0.832. The van der Waals surface area contributed by atoms with Gasteiger partial charge in [-0.2, -0.15) is 0 Å². The highest BCUT2D eigenvalue weighted by Gasteiger charge is 2.23. The molecule has 0 saturated carbocycles. The third kappa shape index (κ3) is 4.69. The van der Waals surface area contributed by atoms with E-state index in [0.29, 0.717) is 6.42 Å². The number of amides is 1. The Balaban J connectivity index is 2.78. The molecule has 0 saturated heterocycles. The van der Waals surface area contributed by atoms with Crippen LogP contribution in [0.2, 0.25) is 0 Å². The summed E-state index contributed by atoms with van der Waals surface area (Å²) >= 11 is 0. The number of carbonyl (C=O) groups is 2. The third-order valence-corrected chi connectivity index (χ3v) is 2.58. The minimum absolute atomic E-state index is 0.178. The number of esters is 1. The molecule has 0 spiro atoms. The molecule has 0 fully saturated rings. The SMILES string of the molecule is COC(=O)[C@@H](CC(C)C)NC(=O)c1cccc(F)c1. The summed E-state index contributed by atoms with van der Waals surface area (Å²) < 4.78 is 17.7. The molecule has 5 heteroatoms. The van der Waals surface area contributed by atoms with Crippen LogP contribution in [0.15, 0.2) is 24.3 Å². The average Bonchev–Trinajstić information content (AvgIpc) is 2.36. The Morgan fingerprint density at radius 3 is 2.58 bits per heavy atom. The van der Waals surface area contributed by atoms with Gasteiger partial charge in [0.15, 0.2) is 0 Å². The van der Waals surface area contributed by atoms with Crippen molar-refractivity contribution >= 4 is 11.9 Å². The Kier molecular flexibility index (Phi) is 5.48. The van der Waals surface area contributed by atoms with Gasteiger partial charge in [0.25, 0.3) is 5.91 Å². The van der Waals surface area contributed by atoms with Crippen LogP contribution in [0, 0.1) is 11.7 Å². The second kappa shape index (κ2) is 6.87. The molecule has 104 valence electrons. The summed E-state index contributed by atoms with van der Waals surface area (Å²) in [6.45, 7) is 3.87. The van der Waals surface area contributed by atoms with Crippen molar-refractivity contribution in [2.75, 3.05) is 7.11 Å². The molecule has 0 radical (unpaired) electrons. The van der Waals surface area contributed by atoms with Gasteiger partial charge >= 0.3 is 5.97 Å². The second-order valence-corrected chi connectivity index (χ2v) is 4.69. The second-order valence-electron chi connectivity index (χ2n) is 4.69. The number of halogens is 1. The van der Waals surface area contributed by atoms with E-state index in [4.69, 9.17) is 0 Å². The first kappa shape index (κ1) is 15.1. The predicted molar refractivity (Wildman–Crippen MR) is 69.1 cm³/mol. The van der Waals surface area contributed by atoms with Gasteiger partial charge in [0, 0.05) is 5.56 Å². The Hall–Kier alpha value is -1.91. The highest BCUT2D eigenvalue weighted by Crippen LogP contribution is 2.09. The van der Waals surface area contributed by atoms with Crippen molar-refractivity contribution in [2.45, 2.75) is 26.3 Å². The number of carbonyl (C=O) groups excluding carboxylic acids is 2. The van der Waals surface area contributed by atoms with E-state index in [1.807, 2.05) is 13.8 Å². The van der Waals surface area contributed by atoms with Crippen LogP contribution in [0.4, 0.5) is 4.39 Å². The third-order valence-electron chi connectivity index (χ3n) is 2.58. The van der Waals surface area contributed by atoms with Crippen LogP contribution in [0.3, 0.4) is 0 Å². The van der Waals surface area contributed by atoms with Crippen molar-refractivity contribution in [3.63, 3.8) is 0 Å². The van der Waals surface area contributed by atoms with Gasteiger partial charge < -0.3 is 10.1 Å². The van der Waals surface area contributed by atoms with Crippen molar-refractivity contribution in [3.8, 4) is 0 Å². The largest absolute Gasteiger partial charge is 0.467 e. The highest BCUT2D eigenvalue weighted by molar-refractivity contribution is 5.96. The van der Waals surface area contributed by atoms with E-state index in [1.54, 1.807) is 0 Å². The number of ether oxygens (including phenoxy) is 1. The van der Waals surface area contributed by atoms with Crippen molar-refractivity contribution in [1.82, 2.24) is 5.32 Å². The van der Waals surface area contributed by atoms with E-state index in [-0.39, 0.29) is 11.5 Å². The van der Waals surface area contributed by atoms with E-state index in [2.05, 4.69) is 10.1 Å². The van der Waals surface area contributed by atoms with E-state index in [1.165, 1.54) is 25.3 Å². The number of rotatable bonds is 5. The van der Waals surface area contributed by atoms with Gasteiger partial charge in [-0.15, -0.1) is 0 Å². The minimum atomic E-state index is -0.722. The van der Waals surface area contributed by atoms with Crippen molar-refractivity contribution in [2.24, 2.45) is 5.92 Å². The predicted octanol–water partition coefficient (Wildman–Crippen LogP) is 2.14. The number of hydrogen-bond donors (Lipinski definition) is 1. The first-order valence-electron chi connectivity index (χ1n) is 6.08. The van der Waals surface area contributed by atoms with E-state index in [9.17, 15) is 14.0 Å². The molecule has 1 atom stereocenters. The number of benzene rings is 1. The molecule has 1 rings (SSSR count). The number of hydrogen-bond acceptors (Lipinski definition) is 3. The lowest BCUT2D eigenvalue weighted by Crippen LogP contribution is -2.42. The van der Waals surface area contributed by atoms with Gasteiger partial charge in [-0.25, -0.2) is 9.18 Å². The van der Waals surface area contributed by atoms with Gasteiger partial charge in [0.1, 0.15) is 11.9 Å². The molecule has 1 amide bonds. The van der Waals surface area contributed by atoms with Crippen LogP contribution >= 0.6 is 0 Å². The Morgan fingerprint density at radius 2 is 2.05 bits per heavy atom. The van der Waals surface area contributed by atoms with Gasteiger partial charge in [0.05, 0.1) is 7.11 Å². The summed E-state index contributed by atoms with van der Waals surface area (Å²) in [5, 5.41) is 2.56. The maximum atomic E-state index is 13.0. The first-order valence-corrected chi connectivity index (χ1v) is 6.08. The smallest absolute Gasteiger partial charge is 0.328 e. The lowest BCUT2D eigenvalue weighted by Gasteiger charge is -2.18. The van der Waals surface area contributed by atoms with E-state index >= 15 is 0 Å². The monoisotopic (exact) mass is 267 g/mol. The molecule has 0 bridgehead atoms. The molecular formula is C14H18FNO3. The molecule has 1 N–H and O–H groups in total. The zero-order chi connectivity index (χ0) is 14.4. The zero-order valence-electron chi connectivity index (χ0n) is 11.3. The fraction of sp³-hybridized carbons (Fsp3) is 0.429. The molecule has 0 unspecified atom stereocenters. The van der Waals surface area contributed by atoms with E-state index in [0.717, 1.165) is 6.07 Å². The van der Waals surface area contributed by atoms with Crippen LogP contribution < -0.4 is 5.32 Å². The summed E-state index contributed by atoms with van der Waals surface area (Å²) in [5.74, 6) is -1.27. The molecular weight excluding hydrogens is 249 g/mol. The zero-order valence-corrected chi connectivity index (χ0v) is 11.3. The summed E-state index contributed by atoms with van der Waals surface area (Å²) in [4.78, 5) is 23.5. The molecule has 0 heterocycles. The molecule has 19 heavy (non-hydrogen) atoms. The van der Waals surface area contributed by atoms with Gasteiger partial charge in [0.2, 0.25) is 0 Å². The maximum absolute atomic E-state index is 13.0. The Bertz CT molecular complexity index is 460. The Labute approximate surface area is 112 Å². The summed E-state index contributed by atoms with van der Waals surface area (Å²) in [5.41, 5.74) is 0.178. The fourth-order valence-corrected chi connectivity index (χ4v) is 1.70. The molecule has 0 aliphatic rings. The van der Waals surface area contributed by atoms with Crippen molar-refractivity contribution < 1.29 is 18.7 Å². The summed E-state index contributed by atoms with van der Waals surface area (Å²) in [6, 6.07) is 4.59. The molecule has 1 aromatic rings. The maximum Gasteiger partial charge on any atom is 0.328 e. The van der Waals surface area contributed by atoms with Crippen LogP contribution in [0.5, 0.6) is 0 Å². The topological polar surface area (TPSA) is 55.4 Å². The first-order chi connectivity index (χ1) is 8.93. The normalized spacial score (nSPS) is 12.1. The lowest BCUT2D eigenvalue weighted by atomic mass is 10.0. The fourth-order valence-electron chi connectivity index (χ4n) is 1.70. The molecule has 0 aromatic heterocycles. The van der Waals surface area contributed by atoms with Crippen LogP contribution in [0.25, 0.3) is 0 Å². The van der Waals surface area contributed by atoms with Gasteiger partial charge in [-0.05, 0) is 30.5 Å². The van der Waals surface area contributed by atoms with Crippen molar-refractivity contribution in [1.29, 1.82) is 0 Å². The van der Waals surface area contributed by atoms with Crippen LogP contribution in [-0.4, -0.2) is 25.0 Å². The lowest BCUT2D eigenvalue weighted by molar-refractivity contribution is -0.143. The molecule has 0 aliphatic heterocycles.